The first kappa shape index (κ1) is 27.1. The van der Waals surface area contributed by atoms with Crippen molar-refractivity contribution in [1.82, 2.24) is 0 Å². The molecule has 3 fully saturated rings. The van der Waals surface area contributed by atoms with Gasteiger partial charge in [-0.1, -0.05) is 104 Å². The van der Waals surface area contributed by atoms with Crippen LogP contribution >= 0.6 is 0 Å². The Morgan fingerprint density at radius 3 is 1.79 bits per heavy atom. The van der Waals surface area contributed by atoms with Crippen molar-refractivity contribution in [3.63, 3.8) is 0 Å². The maximum Gasteiger partial charge on any atom is 0.310 e. The molecule has 0 bridgehead atoms. The number of hydrogen-bond acceptors (Lipinski definition) is 1. The summed E-state index contributed by atoms with van der Waals surface area (Å²) in [7, 11) is 0. The van der Waals surface area contributed by atoms with Crippen molar-refractivity contribution < 1.29 is 9.90 Å². The van der Waals surface area contributed by atoms with Gasteiger partial charge in [0, 0.05) is 0 Å². The highest BCUT2D eigenvalue weighted by molar-refractivity contribution is 5.76. The molecule has 0 aromatic heterocycles. The van der Waals surface area contributed by atoms with E-state index in [1.165, 1.54) is 122 Å². The first-order valence-electron chi connectivity index (χ1n) is 15.3. The van der Waals surface area contributed by atoms with Gasteiger partial charge in [-0.15, -0.1) is 0 Å². The molecule has 3 saturated carbocycles. The van der Waals surface area contributed by atoms with Crippen LogP contribution in [0.25, 0.3) is 0 Å². The minimum absolute atomic E-state index is 0.0523. The second kappa shape index (κ2) is 13.0. The zero-order chi connectivity index (χ0) is 23.6. The second-order valence-corrected chi connectivity index (χ2v) is 12.5. The Hall–Kier alpha value is -0.530. The molecule has 0 unspecified atom stereocenters. The first-order chi connectivity index (χ1) is 16.0. The van der Waals surface area contributed by atoms with E-state index in [1.54, 1.807) is 0 Å². The van der Waals surface area contributed by atoms with Crippen molar-refractivity contribution in [2.45, 2.75) is 168 Å². The third-order valence-corrected chi connectivity index (χ3v) is 11.0. The summed E-state index contributed by atoms with van der Waals surface area (Å²) in [5.41, 5.74) is 0.142. The standard InChI is InChI=1S/C31H56O2/c1-3-5-6-7-8-9-10-15-20-29(27-18-13-11-14-19-27)23-25-30(4-2,26-24-29)31(28(32)33)21-16-12-17-22-31/h27H,3-26H2,1-2H3,(H,32,33). The number of carbonyl (C=O) groups is 1. The Kier molecular flexibility index (Phi) is 10.6. The molecule has 33 heavy (non-hydrogen) atoms. The summed E-state index contributed by atoms with van der Waals surface area (Å²) in [5, 5.41) is 10.5. The highest BCUT2D eigenvalue weighted by atomic mass is 16.4. The third-order valence-electron chi connectivity index (χ3n) is 11.0. The number of carboxylic acids is 1. The van der Waals surface area contributed by atoms with Crippen LogP contribution in [-0.2, 0) is 4.79 Å². The predicted molar refractivity (Wildman–Crippen MR) is 141 cm³/mol. The van der Waals surface area contributed by atoms with Gasteiger partial charge >= 0.3 is 5.97 Å². The Morgan fingerprint density at radius 1 is 0.697 bits per heavy atom. The summed E-state index contributed by atoms with van der Waals surface area (Å²) < 4.78 is 0. The summed E-state index contributed by atoms with van der Waals surface area (Å²) in [4.78, 5) is 12.7. The number of hydrogen-bond donors (Lipinski definition) is 1. The molecule has 2 nitrogen and oxygen atoms in total. The fourth-order valence-electron chi connectivity index (χ4n) is 8.71. The van der Waals surface area contributed by atoms with E-state index in [0.29, 0.717) is 5.41 Å². The highest BCUT2D eigenvalue weighted by Gasteiger charge is 2.58. The summed E-state index contributed by atoms with van der Waals surface area (Å²) in [6.07, 6.45) is 31.3. The van der Waals surface area contributed by atoms with Crippen molar-refractivity contribution in [2.75, 3.05) is 0 Å². The summed E-state index contributed by atoms with van der Waals surface area (Å²) >= 11 is 0. The highest BCUT2D eigenvalue weighted by Crippen LogP contribution is 2.64. The number of carboxylic acid groups (broad SMARTS) is 1. The molecule has 1 N–H and O–H groups in total. The number of aliphatic carboxylic acids is 1. The normalized spacial score (nSPS) is 30.8. The van der Waals surface area contributed by atoms with Crippen molar-refractivity contribution in [3.05, 3.63) is 0 Å². The second-order valence-electron chi connectivity index (χ2n) is 12.5. The molecule has 0 aromatic rings. The largest absolute Gasteiger partial charge is 0.481 e. The molecule has 3 aliphatic carbocycles. The lowest BCUT2D eigenvalue weighted by Gasteiger charge is -2.57. The lowest BCUT2D eigenvalue weighted by molar-refractivity contribution is -0.170. The molecule has 3 rings (SSSR count). The van der Waals surface area contributed by atoms with Gasteiger partial charge in [-0.05, 0) is 81.0 Å². The molecule has 0 aliphatic heterocycles. The molecule has 0 saturated heterocycles. The van der Waals surface area contributed by atoms with Crippen molar-refractivity contribution >= 4 is 5.97 Å². The average molecular weight is 461 g/mol. The molecular formula is C31H56O2. The van der Waals surface area contributed by atoms with Gasteiger partial charge in [0.05, 0.1) is 5.41 Å². The van der Waals surface area contributed by atoms with Gasteiger partial charge in [0.25, 0.3) is 0 Å². The lowest BCUT2D eigenvalue weighted by atomic mass is 9.46. The van der Waals surface area contributed by atoms with E-state index >= 15 is 0 Å². The number of unbranched alkanes of at least 4 members (excludes halogenated alkanes) is 7. The van der Waals surface area contributed by atoms with Crippen LogP contribution in [0.4, 0.5) is 0 Å². The van der Waals surface area contributed by atoms with Crippen LogP contribution in [0.1, 0.15) is 168 Å². The molecular weight excluding hydrogens is 404 g/mol. The van der Waals surface area contributed by atoms with E-state index in [0.717, 1.165) is 38.0 Å². The van der Waals surface area contributed by atoms with Crippen molar-refractivity contribution in [3.8, 4) is 0 Å². The van der Waals surface area contributed by atoms with Gasteiger partial charge in [-0.3, -0.25) is 4.79 Å². The first-order valence-corrected chi connectivity index (χ1v) is 15.3. The van der Waals surface area contributed by atoms with Crippen LogP contribution < -0.4 is 0 Å². The Morgan fingerprint density at radius 2 is 1.24 bits per heavy atom. The van der Waals surface area contributed by atoms with E-state index in [1.807, 2.05) is 0 Å². The van der Waals surface area contributed by atoms with Gasteiger partial charge in [0.2, 0.25) is 0 Å². The smallest absolute Gasteiger partial charge is 0.310 e. The van der Waals surface area contributed by atoms with E-state index in [-0.39, 0.29) is 5.41 Å². The van der Waals surface area contributed by atoms with Gasteiger partial charge in [-0.25, -0.2) is 0 Å². The minimum atomic E-state index is -0.461. The molecule has 0 radical (unpaired) electrons. The Balaban J connectivity index is 1.64. The zero-order valence-corrected chi connectivity index (χ0v) is 22.4. The van der Waals surface area contributed by atoms with E-state index in [2.05, 4.69) is 13.8 Å². The average Bonchev–Trinajstić information content (AvgIpc) is 2.87. The summed E-state index contributed by atoms with van der Waals surface area (Å²) in [5.74, 6) is 0.454. The quantitative estimate of drug-likeness (QED) is 0.277. The van der Waals surface area contributed by atoms with Gasteiger partial charge in [0.1, 0.15) is 0 Å². The predicted octanol–water partition coefficient (Wildman–Crippen LogP) is 10.1. The minimum Gasteiger partial charge on any atom is -0.481 e. The molecule has 0 heterocycles. The lowest BCUT2D eigenvalue weighted by Crippen LogP contribution is -2.52. The molecule has 3 aliphatic rings. The monoisotopic (exact) mass is 460 g/mol. The van der Waals surface area contributed by atoms with Gasteiger partial charge in [-0.2, -0.15) is 0 Å². The molecule has 0 aromatic carbocycles. The van der Waals surface area contributed by atoms with E-state index in [9.17, 15) is 9.90 Å². The van der Waals surface area contributed by atoms with Crippen LogP contribution in [0.3, 0.4) is 0 Å². The fraction of sp³-hybridized carbons (Fsp3) is 0.968. The molecule has 0 amide bonds. The Bertz CT molecular complexity index is 559. The maximum absolute atomic E-state index is 12.7. The Labute approximate surface area is 206 Å². The van der Waals surface area contributed by atoms with Gasteiger partial charge in [0.15, 0.2) is 0 Å². The van der Waals surface area contributed by atoms with Crippen LogP contribution in [0.2, 0.25) is 0 Å². The summed E-state index contributed by atoms with van der Waals surface area (Å²) in [6, 6.07) is 0. The van der Waals surface area contributed by atoms with Gasteiger partial charge < -0.3 is 5.11 Å². The number of rotatable bonds is 13. The molecule has 0 spiro atoms. The van der Waals surface area contributed by atoms with Crippen LogP contribution in [0.5, 0.6) is 0 Å². The topological polar surface area (TPSA) is 37.3 Å². The van der Waals surface area contributed by atoms with E-state index in [4.69, 9.17) is 0 Å². The van der Waals surface area contributed by atoms with E-state index < -0.39 is 11.4 Å². The van der Waals surface area contributed by atoms with Crippen LogP contribution in [0.15, 0.2) is 0 Å². The fourth-order valence-corrected chi connectivity index (χ4v) is 8.71. The molecule has 2 heteroatoms. The zero-order valence-electron chi connectivity index (χ0n) is 22.4. The van der Waals surface area contributed by atoms with Crippen LogP contribution in [-0.4, -0.2) is 11.1 Å². The van der Waals surface area contributed by atoms with Crippen molar-refractivity contribution in [1.29, 1.82) is 0 Å². The SMILES string of the molecule is CCCCCCCCCCC1(C2CCCCC2)CCC(CC)(C2(C(=O)O)CCCCC2)CC1. The van der Waals surface area contributed by atoms with Crippen LogP contribution in [0, 0.1) is 22.2 Å². The summed E-state index contributed by atoms with van der Waals surface area (Å²) in [6.45, 7) is 4.61. The van der Waals surface area contributed by atoms with Crippen molar-refractivity contribution in [2.24, 2.45) is 22.2 Å². The molecule has 192 valence electrons. The third kappa shape index (κ3) is 6.19. The molecule has 0 atom stereocenters. The maximum atomic E-state index is 12.7.